The van der Waals surface area contributed by atoms with Gasteiger partial charge >= 0.3 is 0 Å². The molecule has 1 atom stereocenters. The van der Waals surface area contributed by atoms with Crippen LogP contribution in [0.4, 0.5) is 13.2 Å². The van der Waals surface area contributed by atoms with Gasteiger partial charge in [-0.3, -0.25) is 9.48 Å². The minimum Gasteiger partial charge on any atom is -0.470 e. The minimum atomic E-state index is -3.15. The molecular formula is C26H24F3N7O3. The quantitative estimate of drug-likeness (QED) is 0.375. The van der Waals surface area contributed by atoms with Crippen molar-refractivity contribution in [2.24, 2.45) is 0 Å². The summed E-state index contributed by atoms with van der Waals surface area (Å²) in [6.07, 6.45) is 1.71. The molecule has 1 unspecified atom stereocenters. The van der Waals surface area contributed by atoms with Gasteiger partial charge in [-0.2, -0.15) is 10.4 Å². The summed E-state index contributed by atoms with van der Waals surface area (Å²) in [6.45, 7) is 4.29. The first kappa shape index (κ1) is 26.2. The lowest BCUT2D eigenvalue weighted by Crippen LogP contribution is -2.24. The monoisotopic (exact) mass is 539 g/mol. The third kappa shape index (κ3) is 4.79. The number of hydrogen-bond acceptors (Lipinski definition) is 7. The fourth-order valence-electron chi connectivity index (χ4n) is 4.23. The predicted molar refractivity (Wildman–Crippen MR) is 133 cm³/mol. The van der Waals surface area contributed by atoms with Gasteiger partial charge in [-0.1, -0.05) is 0 Å². The Hall–Kier alpha value is -4.44. The first-order valence-corrected chi connectivity index (χ1v) is 12.1. The molecule has 39 heavy (non-hydrogen) atoms. The third-order valence-electron chi connectivity index (χ3n) is 6.47. The number of halogens is 3. The van der Waals surface area contributed by atoms with Gasteiger partial charge in [0.2, 0.25) is 5.88 Å². The highest BCUT2D eigenvalue weighted by atomic mass is 19.3. The normalized spacial score (nSPS) is 15.6. The number of nitriles is 1. The molecule has 4 heterocycles. The third-order valence-corrected chi connectivity index (χ3v) is 6.47. The van der Waals surface area contributed by atoms with Gasteiger partial charge in [-0.05, 0) is 32.0 Å². The molecule has 1 N–H and O–H groups in total. The van der Waals surface area contributed by atoms with Crippen molar-refractivity contribution in [2.75, 3.05) is 20.3 Å². The number of carbonyl (C=O) groups excluding carboxylic acids is 1. The zero-order chi connectivity index (χ0) is 27.9. The molecule has 0 radical (unpaired) electrons. The highest BCUT2D eigenvalue weighted by molar-refractivity contribution is 5.95. The van der Waals surface area contributed by atoms with Crippen molar-refractivity contribution in [3.63, 3.8) is 0 Å². The highest BCUT2D eigenvalue weighted by Crippen LogP contribution is 2.36. The van der Waals surface area contributed by atoms with E-state index in [1.54, 1.807) is 32.3 Å². The maximum absolute atomic E-state index is 15.3. The van der Waals surface area contributed by atoms with E-state index in [4.69, 9.17) is 9.47 Å². The van der Waals surface area contributed by atoms with Crippen LogP contribution in [-0.4, -0.2) is 56.7 Å². The molecule has 10 nitrogen and oxygen atoms in total. The predicted octanol–water partition coefficient (Wildman–Crippen LogP) is 4.12. The van der Waals surface area contributed by atoms with Crippen molar-refractivity contribution in [1.29, 1.82) is 5.26 Å². The number of ether oxygens (including phenoxy) is 2. The molecule has 1 saturated heterocycles. The van der Waals surface area contributed by atoms with Gasteiger partial charge in [0.15, 0.2) is 5.65 Å². The van der Waals surface area contributed by atoms with E-state index in [-0.39, 0.29) is 34.5 Å². The summed E-state index contributed by atoms with van der Waals surface area (Å²) in [5.74, 6) is -1.68. The Labute approximate surface area is 221 Å². The Morgan fingerprint density at radius 1 is 1.28 bits per heavy atom. The van der Waals surface area contributed by atoms with Crippen molar-refractivity contribution < 1.29 is 27.4 Å². The van der Waals surface area contributed by atoms with Gasteiger partial charge in [0.1, 0.15) is 17.5 Å². The Bertz CT molecular complexity index is 1600. The summed E-state index contributed by atoms with van der Waals surface area (Å²) in [4.78, 5) is 16.6. The number of hydrogen-bond donors (Lipinski definition) is 1. The first-order chi connectivity index (χ1) is 18.6. The lowest BCUT2D eigenvalue weighted by molar-refractivity contribution is 0.0962. The number of nitrogens with one attached hydrogen (secondary N) is 1. The zero-order valence-electron chi connectivity index (χ0n) is 21.3. The molecule has 0 saturated carbocycles. The minimum absolute atomic E-state index is 0.0514. The molecule has 1 aliphatic heterocycles. The maximum atomic E-state index is 15.3. The number of benzene rings is 1. The fourth-order valence-corrected chi connectivity index (χ4v) is 4.23. The van der Waals surface area contributed by atoms with Gasteiger partial charge < -0.3 is 14.8 Å². The smallest absolute Gasteiger partial charge is 0.266 e. The van der Waals surface area contributed by atoms with Crippen molar-refractivity contribution >= 4 is 11.6 Å². The van der Waals surface area contributed by atoms with Crippen LogP contribution in [0.25, 0.3) is 28.0 Å². The summed E-state index contributed by atoms with van der Waals surface area (Å²) in [5.41, 5.74) is -0.794. The van der Waals surface area contributed by atoms with Gasteiger partial charge in [0, 0.05) is 36.4 Å². The number of nitrogens with zero attached hydrogens (tertiary/aromatic N) is 6. The van der Waals surface area contributed by atoms with Gasteiger partial charge in [0.25, 0.3) is 12.3 Å². The molecule has 13 heteroatoms. The second kappa shape index (κ2) is 10.0. The Morgan fingerprint density at radius 3 is 2.74 bits per heavy atom. The molecule has 202 valence electrons. The lowest BCUT2D eigenvalue weighted by atomic mass is 10.0. The van der Waals surface area contributed by atoms with Crippen molar-refractivity contribution in [3.8, 4) is 34.3 Å². The van der Waals surface area contributed by atoms with E-state index in [1.807, 2.05) is 0 Å². The molecule has 1 amide bonds. The van der Waals surface area contributed by atoms with Crippen LogP contribution in [-0.2, 0) is 10.3 Å². The second-order valence-corrected chi connectivity index (χ2v) is 9.53. The Morgan fingerprint density at radius 2 is 2.08 bits per heavy atom. The number of carbonyl (C=O) groups is 1. The van der Waals surface area contributed by atoms with E-state index in [0.717, 1.165) is 6.07 Å². The fraction of sp³-hybridized carbons (Fsp3) is 0.346. The molecule has 3 aromatic heterocycles. The highest BCUT2D eigenvalue weighted by Gasteiger charge is 2.27. The SMILES string of the molecule is CNC(=O)c1cc(-c2cnc3cc(-c4cnn(C(C)(C)C#N)c4)c(OC4CCOC4)nn23)c(F)c(C(F)F)c1. The molecule has 5 rings (SSSR count). The van der Waals surface area contributed by atoms with Gasteiger partial charge in [-0.25, -0.2) is 22.7 Å². The van der Waals surface area contributed by atoms with Crippen LogP contribution in [0, 0.1) is 17.1 Å². The van der Waals surface area contributed by atoms with Gasteiger partial charge in [0.05, 0.1) is 48.5 Å². The van der Waals surface area contributed by atoms with Crippen LogP contribution in [0.5, 0.6) is 5.88 Å². The van der Waals surface area contributed by atoms with Crippen LogP contribution in [0.3, 0.4) is 0 Å². The van der Waals surface area contributed by atoms with E-state index in [1.165, 1.54) is 28.5 Å². The van der Waals surface area contributed by atoms with E-state index in [0.29, 0.717) is 30.8 Å². The van der Waals surface area contributed by atoms with Crippen LogP contribution in [0.1, 0.15) is 42.6 Å². The largest absolute Gasteiger partial charge is 0.470 e. The van der Waals surface area contributed by atoms with Crippen molar-refractivity contribution in [2.45, 2.75) is 38.3 Å². The summed E-state index contributed by atoms with van der Waals surface area (Å²) in [5, 5.41) is 20.7. The molecule has 0 spiro atoms. The summed E-state index contributed by atoms with van der Waals surface area (Å²) >= 11 is 0. The molecular weight excluding hydrogens is 515 g/mol. The molecule has 1 fully saturated rings. The van der Waals surface area contributed by atoms with Gasteiger partial charge in [-0.15, -0.1) is 5.10 Å². The molecule has 4 aromatic rings. The summed E-state index contributed by atoms with van der Waals surface area (Å²) < 4.78 is 57.1. The van der Waals surface area contributed by atoms with Crippen molar-refractivity contribution in [1.82, 2.24) is 29.7 Å². The van der Waals surface area contributed by atoms with E-state index in [2.05, 4.69) is 26.6 Å². The molecule has 1 aromatic carbocycles. The van der Waals surface area contributed by atoms with Crippen molar-refractivity contribution in [3.05, 3.63) is 53.7 Å². The first-order valence-electron chi connectivity index (χ1n) is 12.1. The number of fused-ring (bicyclic) bond motifs is 1. The molecule has 0 bridgehead atoms. The summed E-state index contributed by atoms with van der Waals surface area (Å²) in [6, 6.07) is 5.84. The standard InChI is InChI=1S/C26H24F3N7O3/c1-26(2,13-30)35-11-15(9-33-35)17-8-21-32-10-20(36(21)34-25(17)39-16-4-5-38-12-16)18-6-14(24(37)31-3)7-19(22(18)27)23(28)29/h6-11,16,23H,4-5,12H2,1-3H3,(H,31,37). The Balaban J connectivity index is 1.69. The average Bonchev–Trinajstić information content (AvgIpc) is 3.69. The van der Waals surface area contributed by atoms with Crippen LogP contribution >= 0.6 is 0 Å². The molecule has 1 aliphatic rings. The number of amides is 1. The van der Waals surface area contributed by atoms with Crippen LogP contribution in [0.2, 0.25) is 0 Å². The van der Waals surface area contributed by atoms with Crippen LogP contribution in [0.15, 0.2) is 36.8 Å². The van der Waals surface area contributed by atoms with E-state index >= 15 is 4.39 Å². The van der Waals surface area contributed by atoms with E-state index < -0.39 is 29.3 Å². The summed E-state index contributed by atoms with van der Waals surface area (Å²) in [7, 11) is 1.35. The number of aromatic nitrogens is 5. The van der Waals surface area contributed by atoms with E-state index in [9.17, 15) is 18.8 Å². The topological polar surface area (TPSA) is 119 Å². The number of alkyl halides is 2. The average molecular weight is 540 g/mol. The zero-order valence-corrected chi connectivity index (χ0v) is 21.3. The second-order valence-electron chi connectivity index (χ2n) is 9.53. The molecule has 0 aliphatic carbocycles. The van der Waals surface area contributed by atoms with Crippen LogP contribution < -0.4 is 10.1 Å². The number of imidazole rings is 1. The maximum Gasteiger partial charge on any atom is 0.266 e. The Kier molecular flexibility index (Phi) is 6.73. The number of rotatable bonds is 7. The lowest BCUT2D eigenvalue weighted by Gasteiger charge is -2.16.